The molecule has 0 aliphatic carbocycles. The number of anilines is 1. The molecule has 1 fully saturated rings. The number of hydrogen-bond donors (Lipinski definition) is 2. The quantitative estimate of drug-likeness (QED) is 0.854. The first-order chi connectivity index (χ1) is 12.6. The number of benzene rings is 2. The minimum atomic E-state index is -0.944. The zero-order valence-electron chi connectivity index (χ0n) is 14.7. The van der Waals surface area contributed by atoms with E-state index < -0.39 is 6.09 Å². The van der Waals surface area contributed by atoms with Crippen LogP contribution in [0.1, 0.15) is 24.8 Å². The van der Waals surface area contributed by atoms with Gasteiger partial charge in [0, 0.05) is 18.3 Å². The van der Waals surface area contributed by atoms with Crippen molar-refractivity contribution >= 4 is 17.7 Å². The number of para-hydroxylation sites is 1. The van der Waals surface area contributed by atoms with E-state index in [1.54, 1.807) is 0 Å². The van der Waals surface area contributed by atoms with Crippen molar-refractivity contribution in [1.29, 1.82) is 0 Å². The van der Waals surface area contributed by atoms with Crippen LogP contribution >= 0.6 is 0 Å². The fraction of sp³-hybridized carbons (Fsp3) is 0.333. The van der Waals surface area contributed by atoms with Gasteiger partial charge in [0.25, 0.3) is 0 Å². The Kier molecular flexibility index (Phi) is 5.89. The summed E-state index contributed by atoms with van der Waals surface area (Å²) in [5.41, 5.74) is 1.95. The molecule has 5 heteroatoms. The third kappa shape index (κ3) is 4.63. The molecular weight excluding hydrogens is 328 g/mol. The Morgan fingerprint density at radius 3 is 2.31 bits per heavy atom. The Morgan fingerprint density at radius 2 is 1.65 bits per heavy atom. The van der Waals surface area contributed by atoms with Crippen LogP contribution in [-0.4, -0.2) is 34.6 Å². The number of nitrogens with zero attached hydrogens (tertiary/aromatic N) is 1. The summed E-state index contributed by atoms with van der Waals surface area (Å²) in [6.45, 7) is 0.257. The number of nitrogens with one attached hydrogen (secondary N) is 1. The lowest BCUT2D eigenvalue weighted by Crippen LogP contribution is -2.49. The number of likely N-dealkylation sites (tertiary alicyclic amines) is 1. The van der Waals surface area contributed by atoms with Gasteiger partial charge in [0.05, 0.1) is 5.92 Å². The number of aryl methyl sites for hydroxylation is 1. The molecule has 2 aromatic carbocycles. The van der Waals surface area contributed by atoms with Crippen molar-refractivity contribution in [3.63, 3.8) is 0 Å². The Morgan fingerprint density at radius 1 is 1.00 bits per heavy atom. The van der Waals surface area contributed by atoms with Crippen LogP contribution in [0.5, 0.6) is 0 Å². The first-order valence-electron chi connectivity index (χ1n) is 9.03. The number of hydrogen-bond acceptors (Lipinski definition) is 2. The second kappa shape index (κ2) is 8.52. The van der Waals surface area contributed by atoms with E-state index in [-0.39, 0.29) is 24.4 Å². The normalized spacial score (nSPS) is 19.8. The van der Waals surface area contributed by atoms with Crippen molar-refractivity contribution < 1.29 is 14.7 Å². The molecule has 1 heterocycles. The molecule has 3 rings (SSSR count). The third-order valence-electron chi connectivity index (χ3n) is 4.97. The van der Waals surface area contributed by atoms with E-state index in [9.17, 15) is 14.7 Å². The van der Waals surface area contributed by atoms with Crippen LogP contribution in [0.3, 0.4) is 0 Å². The maximum Gasteiger partial charge on any atom is 0.407 e. The molecule has 2 amide bonds. The fourth-order valence-corrected chi connectivity index (χ4v) is 3.52. The molecule has 1 aliphatic rings. The molecular formula is C21H24N2O3. The van der Waals surface area contributed by atoms with Crippen molar-refractivity contribution in [1.82, 2.24) is 4.90 Å². The second-order valence-corrected chi connectivity index (χ2v) is 6.74. The maximum absolute atomic E-state index is 12.5. The van der Waals surface area contributed by atoms with Gasteiger partial charge in [-0.15, -0.1) is 0 Å². The number of carbonyl (C=O) groups is 2. The van der Waals surface area contributed by atoms with Crippen LogP contribution in [0, 0.1) is 5.92 Å². The molecule has 0 unspecified atom stereocenters. The summed E-state index contributed by atoms with van der Waals surface area (Å²) in [7, 11) is 0. The molecule has 2 N–H and O–H groups in total. The van der Waals surface area contributed by atoms with Gasteiger partial charge in [-0.3, -0.25) is 4.79 Å². The molecule has 0 bridgehead atoms. The molecule has 0 aromatic heterocycles. The lowest BCUT2D eigenvalue weighted by molar-refractivity contribution is -0.121. The number of carbonyl (C=O) groups excluding carboxylic acids is 1. The Labute approximate surface area is 153 Å². The number of piperidine rings is 1. The van der Waals surface area contributed by atoms with Crippen molar-refractivity contribution in [2.24, 2.45) is 5.92 Å². The zero-order chi connectivity index (χ0) is 18.4. The van der Waals surface area contributed by atoms with Gasteiger partial charge in [-0.05, 0) is 43.4 Å². The molecule has 2 aromatic rings. The first kappa shape index (κ1) is 18.0. The molecule has 1 aliphatic heterocycles. The van der Waals surface area contributed by atoms with Crippen molar-refractivity contribution in [3.8, 4) is 0 Å². The van der Waals surface area contributed by atoms with Crippen molar-refractivity contribution in [2.45, 2.75) is 31.7 Å². The van der Waals surface area contributed by atoms with E-state index in [1.807, 2.05) is 48.5 Å². The van der Waals surface area contributed by atoms with Gasteiger partial charge in [-0.1, -0.05) is 48.5 Å². The predicted molar refractivity (Wildman–Crippen MR) is 101 cm³/mol. The molecule has 0 radical (unpaired) electrons. The highest BCUT2D eigenvalue weighted by Crippen LogP contribution is 2.26. The lowest BCUT2D eigenvalue weighted by atomic mass is 9.89. The zero-order valence-corrected chi connectivity index (χ0v) is 14.7. The average molecular weight is 352 g/mol. The first-order valence-corrected chi connectivity index (χ1v) is 9.03. The van der Waals surface area contributed by atoms with E-state index in [0.29, 0.717) is 12.8 Å². The summed E-state index contributed by atoms with van der Waals surface area (Å²) >= 11 is 0. The fourth-order valence-electron chi connectivity index (χ4n) is 3.52. The molecule has 5 nitrogen and oxygen atoms in total. The van der Waals surface area contributed by atoms with Gasteiger partial charge >= 0.3 is 6.09 Å². The molecule has 136 valence electrons. The number of carboxylic acid groups (broad SMARTS) is 1. The highest BCUT2D eigenvalue weighted by atomic mass is 16.4. The number of rotatable bonds is 5. The Hall–Kier alpha value is -2.82. The standard InChI is InChI=1S/C21H24N2O3/c24-20(22-18-9-5-2-6-10-18)17-12-14-19(23(15-17)21(25)26)13-11-16-7-3-1-4-8-16/h1-10,17,19H,11-15H2,(H,22,24)(H,25,26)/t17-,19-/m0/s1. The monoisotopic (exact) mass is 352 g/mol. The highest BCUT2D eigenvalue weighted by Gasteiger charge is 2.34. The van der Waals surface area contributed by atoms with Crippen molar-refractivity contribution in [3.05, 3.63) is 66.2 Å². The Balaban J connectivity index is 1.58. The molecule has 2 atom stereocenters. The minimum absolute atomic E-state index is 0.0338. The van der Waals surface area contributed by atoms with Gasteiger partial charge < -0.3 is 15.3 Å². The average Bonchev–Trinajstić information content (AvgIpc) is 2.67. The highest BCUT2D eigenvalue weighted by molar-refractivity contribution is 5.93. The van der Waals surface area contributed by atoms with Crippen LogP contribution in [0.25, 0.3) is 0 Å². The van der Waals surface area contributed by atoms with Gasteiger partial charge in [0.1, 0.15) is 0 Å². The summed E-state index contributed by atoms with van der Waals surface area (Å²) in [6, 6.07) is 19.3. The van der Waals surface area contributed by atoms with E-state index in [2.05, 4.69) is 17.4 Å². The molecule has 1 saturated heterocycles. The smallest absolute Gasteiger partial charge is 0.407 e. The maximum atomic E-state index is 12.5. The predicted octanol–water partition coefficient (Wildman–Crippen LogP) is 4.02. The van der Waals surface area contributed by atoms with Crippen molar-refractivity contribution in [2.75, 3.05) is 11.9 Å². The van der Waals surface area contributed by atoms with E-state index in [1.165, 1.54) is 10.5 Å². The molecule has 0 saturated carbocycles. The third-order valence-corrected chi connectivity index (χ3v) is 4.97. The number of amides is 2. The summed E-state index contributed by atoms with van der Waals surface area (Å²) in [6.07, 6.45) is 2.10. The summed E-state index contributed by atoms with van der Waals surface area (Å²) in [5.74, 6) is -0.414. The van der Waals surface area contributed by atoms with E-state index in [0.717, 1.165) is 18.5 Å². The van der Waals surface area contributed by atoms with Crippen LogP contribution in [0.2, 0.25) is 0 Å². The topological polar surface area (TPSA) is 69.6 Å². The van der Waals surface area contributed by atoms with Gasteiger partial charge in [-0.25, -0.2) is 4.79 Å². The van der Waals surface area contributed by atoms with Gasteiger partial charge in [0.15, 0.2) is 0 Å². The minimum Gasteiger partial charge on any atom is -0.465 e. The lowest BCUT2D eigenvalue weighted by Gasteiger charge is -2.37. The summed E-state index contributed by atoms with van der Waals surface area (Å²) < 4.78 is 0. The van der Waals surface area contributed by atoms with Crippen LogP contribution in [0.4, 0.5) is 10.5 Å². The van der Waals surface area contributed by atoms with Crippen LogP contribution < -0.4 is 5.32 Å². The molecule has 26 heavy (non-hydrogen) atoms. The second-order valence-electron chi connectivity index (χ2n) is 6.74. The Bertz CT molecular complexity index is 733. The summed E-state index contributed by atoms with van der Waals surface area (Å²) in [5, 5.41) is 12.5. The van der Waals surface area contributed by atoms with Crippen LogP contribution in [-0.2, 0) is 11.2 Å². The van der Waals surface area contributed by atoms with E-state index in [4.69, 9.17) is 0 Å². The summed E-state index contributed by atoms with van der Waals surface area (Å²) in [4.78, 5) is 25.6. The van der Waals surface area contributed by atoms with Crippen LogP contribution in [0.15, 0.2) is 60.7 Å². The SMILES string of the molecule is O=C(Nc1ccccc1)[C@H]1CC[C@H](CCc2ccccc2)N(C(=O)O)C1. The molecule has 0 spiro atoms. The van der Waals surface area contributed by atoms with Gasteiger partial charge in [0.2, 0.25) is 5.91 Å². The van der Waals surface area contributed by atoms with E-state index >= 15 is 0 Å². The largest absolute Gasteiger partial charge is 0.465 e. The van der Waals surface area contributed by atoms with Gasteiger partial charge in [-0.2, -0.15) is 0 Å².